The van der Waals surface area contributed by atoms with E-state index in [1.54, 1.807) is 7.11 Å². The van der Waals surface area contributed by atoms with Crippen molar-refractivity contribution in [3.05, 3.63) is 54.1 Å². The van der Waals surface area contributed by atoms with E-state index in [1.165, 1.54) is 23.1 Å². The van der Waals surface area contributed by atoms with E-state index in [2.05, 4.69) is 50.2 Å². The van der Waals surface area contributed by atoms with Gasteiger partial charge in [0, 0.05) is 0 Å². The fourth-order valence-corrected chi connectivity index (χ4v) is 2.02. The van der Waals surface area contributed by atoms with Crippen LogP contribution in [0, 0.1) is 0 Å². The minimum Gasteiger partial charge on any atom is -0.497 e. The van der Waals surface area contributed by atoms with E-state index in [0.717, 1.165) is 5.75 Å². The Morgan fingerprint density at radius 3 is 1.70 bits per heavy atom. The molecule has 0 heterocycles. The summed E-state index contributed by atoms with van der Waals surface area (Å²) in [6.07, 6.45) is 1.18. The third-order valence-electron chi connectivity index (χ3n) is 3.52. The summed E-state index contributed by atoms with van der Waals surface area (Å²) < 4.78 is 5.17. The maximum absolute atomic E-state index is 5.17. The van der Waals surface area contributed by atoms with Crippen molar-refractivity contribution >= 4 is 0 Å². The molecular formula is C19H28O. The van der Waals surface area contributed by atoms with Gasteiger partial charge in [-0.2, -0.15) is 0 Å². The summed E-state index contributed by atoms with van der Waals surface area (Å²) in [5.41, 5.74) is 3.89. The van der Waals surface area contributed by atoms with Crippen LogP contribution in [-0.4, -0.2) is 7.11 Å². The first kappa shape index (κ1) is 18.2. The highest BCUT2D eigenvalue weighted by atomic mass is 16.5. The SMILES string of the molecule is C.C.CCC(C)c1ccc(-c2ccc(OC)cc2)cc1. The second kappa shape index (κ2) is 8.42. The van der Waals surface area contributed by atoms with Crippen LogP contribution in [-0.2, 0) is 0 Å². The molecule has 1 nitrogen and oxygen atoms in total. The molecular weight excluding hydrogens is 244 g/mol. The Kier molecular flexibility index (Phi) is 7.68. The molecule has 0 spiro atoms. The van der Waals surface area contributed by atoms with E-state index in [1.807, 2.05) is 12.1 Å². The molecule has 1 atom stereocenters. The molecule has 0 N–H and O–H groups in total. The maximum atomic E-state index is 5.17. The van der Waals surface area contributed by atoms with Gasteiger partial charge in [-0.1, -0.05) is 65.1 Å². The Bertz CT molecular complexity index is 482. The van der Waals surface area contributed by atoms with Gasteiger partial charge in [-0.05, 0) is 41.2 Å². The summed E-state index contributed by atoms with van der Waals surface area (Å²) in [4.78, 5) is 0. The molecule has 20 heavy (non-hydrogen) atoms. The molecule has 0 saturated carbocycles. The number of rotatable bonds is 4. The second-order valence-electron chi connectivity index (χ2n) is 4.66. The van der Waals surface area contributed by atoms with Crippen LogP contribution in [0.25, 0.3) is 11.1 Å². The number of hydrogen-bond donors (Lipinski definition) is 0. The fourth-order valence-electron chi connectivity index (χ4n) is 2.02. The third-order valence-corrected chi connectivity index (χ3v) is 3.52. The monoisotopic (exact) mass is 272 g/mol. The predicted molar refractivity (Wildman–Crippen MR) is 90.6 cm³/mol. The lowest BCUT2D eigenvalue weighted by Crippen LogP contribution is -1.90. The lowest BCUT2D eigenvalue weighted by atomic mass is 9.96. The van der Waals surface area contributed by atoms with E-state index in [0.29, 0.717) is 5.92 Å². The van der Waals surface area contributed by atoms with Gasteiger partial charge in [0.2, 0.25) is 0 Å². The summed E-state index contributed by atoms with van der Waals surface area (Å²) in [6, 6.07) is 17.0. The number of hydrogen-bond acceptors (Lipinski definition) is 1. The van der Waals surface area contributed by atoms with Crippen LogP contribution in [0.5, 0.6) is 5.75 Å². The molecule has 1 unspecified atom stereocenters. The molecule has 2 rings (SSSR count). The first-order valence-electron chi connectivity index (χ1n) is 6.49. The van der Waals surface area contributed by atoms with Crippen molar-refractivity contribution in [2.45, 2.75) is 41.0 Å². The summed E-state index contributed by atoms with van der Waals surface area (Å²) in [7, 11) is 1.69. The molecule has 0 radical (unpaired) electrons. The Labute approximate surface area is 124 Å². The second-order valence-corrected chi connectivity index (χ2v) is 4.66. The predicted octanol–water partition coefficient (Wildman–Crippen LogP) is 6.15. The summed E-state index contributed by atoms with van der Waals surface area (Å²) in [6.45, 7) is 4.49. The molecule has 0 amide bonds. The average molecular weight is 272 g/mol. The van der Waals surface area contributed by atoms with Gasteiger partial charge in [-0.3, -0.25) is 0 Å². The summed E-state index contributed by atoms with van der Waals surface area (Å²) >= 11 is 0. The molecule has 0 aliphatic heterocycles. The fraction of sp³-hybridized carbons (Fsp3) is 0.368. The van der Waals surface area contributed by atoms with Crippen molar-refractivity contribution in [2.24, 2.45) is 0 Å². The standard InChI is InChI=1S/C17H20O.2CH4/c1-4-13(2)14-5-7-15(8-6-14)16-9-11-17(18-3)12-10-16;;/h5-13H,4H2,1-3H3;2*1H4. The van der Waals surface area contributed by atoms with Crippen LogP contribution in [0.4, 0.5) is 0 Å². The lowest BCUT2D eigenvalue weighted by molar-refractivity contribution is 0.415. The van der Waals surface area contributed by atoms with E-state index in [9.17, 15) is 0 Å². The van der Waals surface area contributed by atoms with Crippen LogP contribution in [0.2, 0.25) is 0 Å². The van der Waals surface area contributed by atoms with Crippen LogP contribution < -0.4 is 4.74 Å². The molecule has 1 heteroatoms. The van der Waals surface area contributed by atoms with E-state index < -0.39 is 0 Å². The van der Waals surface area contributed by atoms with E-state index in [4.69, 9.17) is 4.74 Å². The highest BCUT2D eigenvalue weighted by Crippen LogP contribution is 2.25. The molecule has 0 aliphatic carbocycles. The van der Waals surface area contributed by atoms with Crippen molar-refractivity contribution in [1.29, 1.82) is 0 Å². The minimum absolute atomic E-state index is 0. The highest BCUT2D eigenvalue weighted by Gasteiger charge is 2.03. The van der Waals surface area contributed by atoms with Gasteiger partial charge in [-0.25, -0.2) is 0 Å². The van der Waals surface area contributed by atoms with Gasteiger partial charge in [-0.15, -0.1) is 0 Å². The highest BCUT2D eigenvalue weighted by molar-refractivity contribution is 5.64. The molecule has 2 aromatic rings. The summed E-state index contributed by atoms with van der Waals surface area (Å²) in [5.74, 6) is 1.53. The molecule has 0 fully saturated rings. The van der Waals surface area contributed by atoms with E-state index >= 15 is 0 Å². The first-order chi connectivity index (χ1) is 8.74. The van der Waals surface area contributed by atoms with Gasteiger partial charge < -0.3 is 4.74 Å². The zero-order valence-corrected chi connectivity index (χ0v) is 11.3. The van der Waals surface area contributed by atoms with Gasteiger partial charge in [0.25, 0.3) is 0 Å². The Morgan fingerprint density at radius 1 is 0.850 bits per heavy atom. The maximum Gasteiger partial charge on any atom is 0.118 e. The molecule has 0 aliphatic rings. The topological polar surface area (TPSA) is 9.23 Å². The van der Waals surface area contributed by atoms with Crippen LogP contribution in [0.15, 0.2) is 48.5 Å². The number of benzene rings is 2. The Morgan fingerprint density at radius 2 is 1.30 bits per heavy atom. The molecule has 0 bridgehead atoms. The van der Waals surface area contributed by atoms with Crippen molar-refractivity contribution < 1.29 is 4.74 Å². The van der Waals surface area contributed by atoms with Gasteiger partial charge in [0.15, 0.2) is 0 Å². The Hall–Kier alpha value is -1.76. The van der Waals surface area contributed by atoms with Gasteiger partial charge in [0.1, 0.15) is 5.75 Å². The number of methoxy groups -OCH3 is 1. The minimum atomic E-state index is 0. The summed E-state index contributed by atoms with van der Waals surface area (Å²) in [5, 5.41) is 0. The quantitative estimate of drug-likeness (QED) is 0.648. The van der Waals surface area contributed by atoms with Crippen molar-refractivity contribution in [3.63, 3.8) is 0 Å². The zero-order chi connectivity index (χ0) is 13.0. The molecule has 110 valence electrons. The van der Waals surface area contributed by atoms with Gasteiger partial charge in [0.05, 0.1) is 7.11 Å². The van der Waals surface area contributed by atoms with E-state index in [-0.39, 0.29) is 14.9 Å². The Balaban J connectivity index is 0.00000180. The van der Waals surface area contributed by atoms with Crippen LogP contribution in [0.1, 0.15) is 46.6 Å². The largest absolute Gasteiger partial charge is 0.497 e. The van der Waals surface area contributed by atoms with Crippen molar-refractivity contribution in [2.75, 3.05) is 7.11 Å². The van der Waals surface area contributed by atoms with Crippen molar-refractivity contribution in [1.82, 2.24) is 0 Å². The molecule has 2 aromatic carbocycles. The van der Waals surface area contributed by atoms with Gasteiger partial charge >= 0.3 is 0 Å². The van der Waals surface area contributed by atoms with Crippen LogP contribution >= 0.6 is 0 Å². The lowest BCUT2D eigenvalue weighted by Gasteiger charge is -2.10. The van der Waals surface area contributed by atoms with Crippen LogP contribution in [0.3, 0.4) is 0 Å². The first-order valence-corrected chi connectivity index (χ1v) is 6.49. The third kappa shape index (κ3) is 4.12. The zero-order valence-electron chi connectivity index (χ0n) is 11.3. The molecule has 0 saturated heterocycles. The average Bonchev–Trinajstić information content (AvgIpc) is 2.47. The smallest absolute Gasteiger partial charge is 0.118 e. The molecule has 0 aromatic heterocycles. The normalized spacial score (nSPS) is 10.9. The van der Waals surface area contributed by atoms with Crippen molar-refractivity contribution in [3.8, 4) is 16.9 Å². The number of ether oxygens (including phenoxy) is 1.